The quantitative estimate of drug-likeness (QED) is 0.252. The molecule has 1 N–H and O–H groups in total. The zero-order valence-corrected chi connectivity index (χ0v) is 28.3. The monoisotopic (exact) mass is 662 g/mol. The van der Waals surface area contributed by atoms with Crippen molar-refractivity contribution >= 4 is 34.5 Å². The summed E-state index contributed by atoms with van der Waals surface area (Å²) in [5, 5.41) is 10.4. The number of carbonyl (C=O) groups is 1. The number of halogens is 2. The van der Waals surface area contributed by atoms with Crippen molar-refractivity contribution in [3.63, 3.8) is 0 Å². The highest BCUT2D eigenvalue weighted by atomic mass is 35.5. The van der Waals surface area contributed by atoms with Gasteiger partial charge < -0.3 is 14.9 Å². The Morgan fingerprint density at radius 2 is 1.66 bits per heavy atom. The third-order valence-corrected chi connectivity index (χ3v) is 9.34. The van der Waals surface area contributed by atoms with Gasteiger partial charge in [-0.3, -0.25) is 4.90 Å². The maximum atomic E-state index is 15.2. The Hall–Kier alpha value is -4.16. The number of rotatable bonds is 7. The van der Waals surface area contributed by atoms with Gasteiger partial charge >= 0.3 is 11.8 Å². The molecule has 3 aromatic heterocycles. The zero-order valence-electron chi connectivity index (χ0n) is 27.5. The van der Waals surface area contributed by atoms with Crippen molar-refractivity contribution in [3.8, 4) is 16.9 Å². The summed E-state index contributed by atoms with van der Waals surface area (Å²) in [6, 6.07) is 7.24. The average Bonchev–Trinajstić information content (AvgIpc) is 2.99. The molecule has 11 nitrogen and oxygen atoms in total. The Kier molecular flexibility index (Phi) is 8.92. The molecule has 2 aliphatic rings. The van der Waals surface area contributed by atoms with Crippen molar-refractivity contribution in [2.24, 2.45) is 0 Å². The Bertz CT molecular complexity index is 1880. The maximum absolute atomic E-state index is 15.2. The molecule has 0 bridgehead atoms. The summed E-state index contributed by atoms with van der Waals surface area (Å²) in [7, 11) is 0. The van der Waals surface area contributed by atoms with E-state index in [4.69, 9.17) is 26.6 Å². The summed E-state index contributed by atoms with van der Waals surface area (Å²) in [5.74, 6) is 0.384. The second kappa shape index (κ2) is 12.8. The Morgan fingerprint density at radius 1 is 1.00 bits per heavy atom. The summed E-state index contributed by atoms with van der Waals surface area (Å²) in [6.07, 6.45) is 0.142. The van der Waals surface area contributed by atoms with E-state index in [-0.39, 0.29) is 52.4 Å². The molecular formula is C34H40ClFN8O3. The number of piperazine rings is 1. The van der Waals surface area contributed by atoms with Gasteiger partial charge in [-0.05, 0) is 63.4 Å². The minimum atomic E-state index is -1.00. The molecule has 0 aliphatic carbocycles. The average molecular weight is 663 g/mol. The van der Waals surface area contributed by atoms with Crippen LogP contribution in [-0.2, 0) is 6.54 Å². The van der Waals surface area contributed by atoms with Gasteiger partial charge in [0, 0.05) is 30.7 Å². The van der Waals surface area contributed by atoms with E-state index in [1.54, 1.807) is 24.3 Å². The number of likely N-dealkylation sites (tertiary alicyclic amines) is 1. The number of hydrogen-bond acceptors (Lipinski definition) is 8. The summed E-state index contributed by atoms with van der Waals surface area (Å²) in [5.41, 5.74) is 1.94. The minimum Gasteiger partial charge on any atom is -0.465 e. The molecule has 2 aliphatic heterocycles. The van der Waals surface area contributed by atoms with Crippen molar-refractivity contribution < 1.29 is 14.3 Å². The normalized spacial score (nSPS) is 18.8. The van der Waals surface area contributed by atoms with Crippen LogP contribution in [0.25, 0.3) is 28.0 Å². The van der Waals surface area contributed by atoms with E-state index < -0.39 is 17.6 Å². The SMILES string of the molecule is CC(C)c1nc(CN2CCC2)nc(C(C)C)c1-n1c(=O)nc(N2C[C@@H](C)N(C(=O)O)C[C@@H]2C)c2cc(Cl)c(-c3ccccc3F)nc21. The molecule has 4 aromatic rings. The number of carboxylic acid groups (broad SMARTS) is 1. The molecule has 6 rings (SSSR count). The smallest absolute Gasteiger partial charge is 0.407 e. The van der Waals surface area contributed by atoms with E-state index in [0.717, 1.165) is 19.5 Å². The Labute approximate surface area is 278 Å². The fourth-order valence-electron chi connectivity index (χ4n) is 6.44. The molecule has 5 heterocycles. The molecule has 248 valence electrons. The van der Waals surface area contributed by atoms with Gasteiger partial charge in [0.25, 0.3) is 0 Å². The summed E-state index contributed by atoms with van der Waals surface area (Å²) in [4.78, 5) is 51.5. The van der Waals surface area contributed by atoms with E-state index in [0.29, 0.717) is 47.2 Å². The van der Waals surface area contributed by atoms with Crippen LogP contribution in [0.4, 0.5) is 15.0 Å². The van der Waals surface area contributed by atoms with Crippen LogP contribution in [0.15, 0.2) is 35.1 Å². The number of anilines is 1. The van der Waals surface area contributed by atoms with Crippen molar-refractivity contribution in [2.75, 3.05) is 31.1 Å². The topological polar surface area (TPSA) is 121 Å². The van der Waals surface area contributed by atoms with E-state index >= 15 is 4.39 Å². The van der Waals surface area contributed by atoms with Crippen LogP contribution < -0.4 is 10.6 Å². The molecule has 0 spiro atoms. The lowest BCUT2D eigenvalue weighted by molar-refractivity contribution is 0.114. The van der Waals surface area contributed by atoms with Crippen molar-refractivity contribution in [1.29, 1.82) is 0 Å². The van der Waals surface area contributed by atoms with Gasteiger partial charge in [-0.1, -0.05) is 51.4 Å². The molecule has 2 saturated heterocycles. The molecule has 1 aromatic carbocycles. The second-order valence-corrected chi connectivity index (χ2v) is 13.6. The molecule has 1 amide bonds. The van der Waals surface area contributed by atoms with E-state index in [2.05, 4.69) is 9.88 Å². The number of fused-ring (bicyclic) bond motifs is 1. The highest BCUT2D eigenvalue weighted by Crippen LogP contribution is 2.37. The molecule has 47 heavy (non-hydrogen) atoms. The van der Waals surface area contributed by atoms with Crippen LogP contribution >= 0.6 is 11.6 Å². The minimum absolute atomic E-state index is 0.0782. The van der Waals surface area contributed by atoms with Gasteiger partial charge in [-0.2, -0.15) is 4.98 Å². The predicted octanol–water partition coefficient (Wildman–Crippen LogP) is 6.06. The third kappa shape index (κ3) is 6.04. The number of aromatic nitrogens is 5. The lowest BCUT2D eigenvalue weighted by Crippen LogP contribution is -2.58. The number of nitrogens with zero attached hydrogens (tertiary/aromatic N) is 8. The van der Waals surface area contributed by atoms with Crippen LogP contribution in [0.2, 0.25) is 5.02 Å². The highest BCUT2D eigenvalue weighted by Gasteiger charge is 2.35. The number of hydrogen-bond donors (Lipinski definition) is 1. The van der Waals surface area contributed by atoms with Crippen molar-refractivity contribution in [3.05, 3.63) is 68.9 Å². The largest absolute Gasteiger partial charge is 0.465 e. The van der Waals surface area contributed by atoms with Gasteiger partial charge in [-0.25, -0.2) is 33.5 Å². The maximum Gasteiger partial charge on any atom is 0.407 e. The first-order chi connectivity index (χ1) is 22.3. The number of pyridine rings is 1. The van der Waals surface area contributed by atoms with Gasteiger partial charge in [0.1, 0.15) is 17.5 Å². The molecule has 0 radical (unpaired) electrons. The first kappa shape index (κ1) is 32.8. The molecule has 13 heteroatoms. The van der Waals surface area contributed by atoms with E-state index in [1.807, 2.05) is 46.4 Å². The number of benzene rings is 1. The highest BCUT2D eigenvalue weighted by molar-refractivity contribution is 6.33. The number of amides is 1. The Morgan fingerprint density at radius 3 is 2.23 bits per heavy atom. The molecular weight excluding hydrogens is 623 g/mol. The molecule has 2 atom stereocenters. The van der Waals surface area contributed by atoms with E-state index in [9.17, 15) is 14.7 Å². The molecule has 2 fully saturated rings. The lowest BCUT2D eigenvalue weighted by atomic mass is 10.0. The Balaban J connectivity index is 1.66. The predicted molar refractivity (Wildman–Crippen MR) is 180 cm³/mol. The van der Waals surface area contributed by atoms with Gasteiger partial charge in [0.2, 0.25) is 0 Å². The van der Waals surface area contributed by atoms with Crippen LogP contribution in [0.5, 0.6) is 0 Å². The summed E-state index contributed by atoms with van der Waals surface area (Å²) >= 11 is 6.86. The van der Waals surface area contributed by atoms with Gasteiger partial charge in [0.15, 0.2) is 5.65 Å². The fourth-order valence-corrected chi connectivity index (χ4v) is 6.69. The van der Waals surface area contributed by atoms with Crippen molar-refractivity contribution in [1.82, 2.24) is 34.3 Å². The first-order valence-electron chi connectivity index (χ1n) is 16.1. The van der Waals surface area contributed by atoms with Crippen LogP contribution in [0.3, 0.4) is 0 Å². The van der Waals surface area contributed by atoms with Crippen LogP contribution in [-0.4, -0.2) is 83.8 Å². The second-order valence-electron chi connectivity index (χ2n) is 13.2. The first-order valence-corrected chi connectivity index (χ1v) is 16.5. The fraction of sp³-hybridized carbons (Fsp3) is 0.471. The van der Waals surface area contributed by atoms with Crippen LogP contribution in [0.1, 0.15) is 77.0 Å². The van der Waals surface area contributed by atoms with Gasteiger partial charge in [-0.15, -0.1) is 0 Å². The van der Waals surface area contributed by atoms with Gasteiger partial charge in [0.05, 0.1) is 39.7 Å². The lowest BCUT2D eigenvalue weighted by Gasteiger charge is -2.43. The van der Waals surface area contributed by atoms with Crippen LogP contribution in [0, 0.1) is 5.82 Å². The third-order valence-electron chi connectivity index (χ3n) is 9.05. The standard InChI is InChI=1S/C34H40ClFN8O3/c1-18(2)27-30(28(19(3)4)38-26(37-27)17-41-12-9-13-41)44-32-23(14-24(35)29(39-32)22-10-7-8-11-25(22)36)31(40-33(44)45)42-15-21(6)43(34(46)47)16-20(42)5/h7-8,10-11,14,18-21H,9,12-13,15-17H2,1-6H3,(H,46,47)/t20-,21+/m0/s1. The summed E-state index contributed by atoms with van der Waals surface area (Å²) < 4.78 is 16.6. The van der Waals surface area contributed by atoms with E-state index in [1.165, 1.54) is 15.5 Å². The molecule has 0 saturated carbocycles. The molecule has 0 unspecified atom stereocenters. The summed E-state index contributed by atoms with van der Waals surface area (Å²) in [6.45, 7) is 15.0. The van der Waals surface area contributed by atoms with Crippen molar-refractivity contribution in [2.45, 2.75) is 78.4 Å². The zero-order chi connectivity index (χ0) is 33.7.